The van der Waals surface area contributed by atoms with Gasteiger partial charge in [-0.3, -0.25) is 0 Å². The fourth-order valence-electron chi connectivity index (χ4n) is 4.31. The predicted octanol–water partition coefficient (Wildman–Crippen LogP) is 5.01. The second-order valence-electron chi connectivity index (χ2n) is 6.93. The first-order valence-electron chi connectivity index (χ1n) is 9.44. The van der Waals surface area contributed by atoms with Gasteiger partial charge < -0.3 is 18.9 Å². The normalized spacial score (nSPS) is 23.8. The Labute approximate surface area is 156 Å². The minimum absolute atomic E-state index is 0.0524. The van der Waals surface area contributed by atoms with Crippen molar-refractivity contribution in [3.63, 3.8) is 0 Å². The molecule has 0 spiro atoms. The van der Waals surface area contributed by atoms with Gasteiger partial charge in [0.25, 0.3) is 0 Å². The second kappa shape index (κ2) is 8.63. The minimum Gasteiger partial charge on any atom is -0.498 e. The van der Waals surface area contributed by atoms with Gasteiger partial charge in [0.2, 0.25) is 0 Å². The highest BCUT2D eigenvalue weighted by atomic mass is 16.5. The van der Waals surface area contributed by atoms with Gasteiger partial charge in [0.05, 0.1) is 21.3 Å². The van der Waals surface area contributed by atoms with Gasteiger partial charge in [0.1, 0.15) is 23.4 Å². The molecule has 26 heavy (non-hydrogen) atoms. The number of hydrogen-bond acceptors (Lipinski definition) is 4. The van der Waals surface area contributed by atoms with Gasteiger partial charge in [-0.15, -0.1) is 0 Å². The van der Waals surface area contributed by atoms with Crippen LogP contribution in [0, 0.1) is 0 Å². The Balaban J connectivity index is 2.00. The fraction of sp³-hybridized carbons (Fsp3) is 0.545. The van der Waals surface area contributed by atoms with Gasteiger partial charge in [-0.2, -0.15) is 0 Å². The summed E-state index contributed by atoms with van der Waals surface area (Å²) in [7, 11) is 6.98. The maximum Gasteiger partial charge on any atom is 0.140 e. The molecule has 1 aromatic rings. The topological polar surface area (TPSA) is 36.9 Å². The lowest BCUT2D eigenvalue weighted by Crippen LogP contribution is -2.21. The molecule has 1 aromatic carbocycles. The zero-order chi connectivity index (χ0) is 18.5. The summed E-state index contributed by atoms with van der Waals surface area (Å²) < 4.78 is 22.6. The van der Waals surface area contributed by atoms with Gasteiger partial charge in [0.15, 0.2) is 0 Å². The molecular weight excluding hydrogens is 328 g/mol. The van der Waals surface area contributed by atoms with Gasteiger partial charge >= 0.3 is 0 Å². The van der Waals surface area contributed by atoms with Crippen molar-refractivity contribution >= 4 is 5.57 Å². The van der Waals surface area contributed by atoms with E-state index in [-0.39, 0.29) is 12.0 Å². The van der Waals surface area contributed by atoms with Gasteiger partial charge in [0, 0.05) is 19.4 Å². The third kappa shape index (κ3) is 3.61. The number of methoxy groups -OCH3 is 4. The van der Waals surface area contributed by atoms with Crippen LogP contribution in [0.2, 0.25) is 0 Å². The lowest BCUT2D eigenvalue weighted by molar-refractivity contribution is 0.0679. The van der Waals surface area contributed by atoms with Gasteiger partial charge in [-0.05, 0) is 48.8 Å². The monoisotopic (exact) mass is 358 g/mol. The standard InChI is InChI=1S/C22H30O4/c1-23-19-12-6-10-17(21(19)25-3)15-8-5-9-16(14-15)18-11-7-13-20(24-2)22(18)26-4/h5,8-9,14,17,20H,6-7,10-13H2,1-4H3/t17?,20-/m1/s1. The summed E-state index contributed by atoms with van der Waals surface area (Å²) in [5.74, 6) is 3.16. The molecule has 3 rings (SSSR count). The number of ether oxygens (including phenoxy) is 4. The summed E-state index contributed by atoms with van der Waals surface area (Å²) in [4.78, 5) is 0. The highest BCUT2D eigenvalue weighted by molar-refractivity contribution is 5.69. The lowest BCUT2D eigenvalue weighted by Gasteiger charge is -2.29. The van der Waals surface area contributed by atoms with E-state index in [2.05, 4.69) is 24.3 Å². The summed E-state index contributed by atoms with van der Waals surface area (Å²) in [5, 5.41) is 0. The summed E-state index contributed by atoms with van der Waals surface area (Å²) in [5.41, 5.74) is 3.76. The quantitative estimate of drug-likeness (QED) is 0.716. The van der Waals surface area contributed by atoms with Crippen LogP contribution in [0.1, 0.15) is 55.6 Å². The maximum atomic E-state index is 5.72. The van der Waals surface area contributed by atoms with Crippen molar-refractivity contribution in [3.8, 4) is 0 Å². The van der Waals surface area contributed by atoms with Crippen LogP contribution in [0.4, 0.5) is 0 Å². The minimum atomic E-state index is 0.0524. The Morgan fingerprint density at radius 3 is 2.31 bits per heavy atom. The molecule has 4 nitrogen and oxygen atoms in total. The van der Waals surface area contributed by atoms with Crippen molar-refractivity contribution < 1.29 is 18.9 Å². The van der Waals surface area contributed by atoms with E-state index in [9.17, 15) is 0 Å². The molecule has 0 N–H and O–H groups in total. The molecule has 0 aromatic heterocycles. The largest absolute Gasteiger partial charge is 0.498 e. The summed E-state index contributed by atoms with van der Waals surface area (Å²) in [6.07, 6.45) is 6.35. The molecule has 1 unspecified atom stereocenters. The van der Waals surface area contributed by atoms with E-state index in [4.69, 9.17) is 18.9 Å². The molecule has 2 aliphatic carbocycles. The molecule has 0 heterocycles. The number of allylic oxidation sites excluding steroid dienone is 3. The van der Waals surface area contributed by atoms with Crippen LogP contribution in [0.3, 0.4) is 0 Å². The Morgan fingerprint density at radius 1 is 0.846 bits per heavy atom. The van der Waals surface area contributed by atoms with E-state index < -0.39 is 0 Å². The third-order valence-corrected chi connectivity index (χ3v) is 5.58. The second-order valence-corrected chi connectivity index (χ2v) is 6.93. The van der Waals surface area contributed by atoms with Crippen LogP contribution >= 0.6 is 0 Å². The van der Waals surface area contributed by atoms with Gasteiger partial charge in [-0.1, -0.05) is 24.3 Å². The van der Waals surface area contributed by atoms with E-state index in [1.165, 1.54) is 16.7 Å². The highest BCUT2D eigenvalue weighted by Gasteiger charge is 2.28. The molecule has 0 fully saturated rings. The zero-order valence-electron chi connectivity index (χ0n) is 16.3. The lowest BCUT2D eigenvalue weighted by atomic mass is 9.84. The SMILES string of the molecule is COC1=C(OC)C(c2cccc(C3=C(OC)[C@H](OC)CCC3)c2)CCC1. The number of rotatable bonds is 6. The van der Waals surface area contributed by atoms with Crippen molar-refractivity contribution in [2.24, 2.45) is 0 Å². The number of benzene rings is 1. The molecule has 0 saturated heterocycles. The molecule has 2 aliphatic rings. The molecule has 2 atom stereocenters. The van der Waals surface area contributed by atoms with Crippen molar-refractivity contribution in [1.82, 2.24) is 0 Å². The van der Waals surface area contributed by atoms with E-state index in [0.717, 1.165) is 55.8 Å². The first-order chi connectivity index (χ1) is 12.7. The van der Waals surface area contributed by atoms with Crippen LogP contribution in [-0.4, -0.2) is 34.5 Å². The number of hydrogen-bond donors (Lipinski definition) is 0. The molecule has 0 radical (unpaired) electrons. The average Bonchev–Trinajstić information content (AvgIpc) is 2.72. The van der Waals surface area contributed by atoms with Crippen LogP contribution < -0.4 is 0 Å². The van der Waals surface area contributed by atoms with Crippen molar-refractivity contribution in [2.45, 2.75) is 50.5 Å². The molecule has 0 bridgehead atoms. The Hall–Kier alpha value is -1.94. The predicted molar refractivity (Wildman–Crippen MR) is 103 cm³/mol. The van der Waals surface area contributed by atoms with E-state index in [1.54, 1.807) is 28.4 Å². The molecule has 0 amide bonds. The van der Waals surface area contributed by atoms with E-state index in [0.29, 0.717) is 0 Å². The van der Waals surface area contributed by atoms with Crippen molar-refractivity contribution in [3.05, 3.63) is 52.7 Å². The van der Waals surface area contributed by atoms with Gasteiger partial charge in [-0.25, -0.2) is 0 Å². The smallest absolute Gasteiger partial charge is 0.140 e. The van der Waals surface area contributed by atoms with Crippen LogP contribution in [0.25, 0.3) is 5.57 Å². The molecular formula is C22H30O4. The molecule has 142 valence electrons. The highest BCUT2D eigenvalue weighted by Crippen LogP contribution is 2.40. The average molecular weight is 358 g/mol. The third-order valence-electron chi connectivity index (χ3n) is 5.58. The van der Waals surface area contributed by atoms with E-state index in [1.807, 2.05) is 0 Å². The maximum absolute atomic E-state index is 5.72. The van der Waals surface area contributed by atoms with Crippen LogP contribution in [0.5, 0.6) is 0 Å². The molecule has 4 heteroatoms. The van der Waals surface area contributed by atoms with Crippen LogP contribution in [-0.2, 0) is 18.9 Å². The summed E-state index contributed by atoms with van der Waals surface area (Å²) in [6, 6.07) is 8.78. The van der Waals surface area contributed by atoms with Crippen molar-refractivity contribution in [1.29, 1.82) is 0 Å². The fourth-order valence-corrected chi connectivity index (χ4v) is 4.31. The molecule has 0 saturated carbocycles. The Kier molecular flexibility index (Phi) is 6.25. The first kappa shape index (κ1) is 18.8. The zero-order valence-corrected chi connectivity index (χ0v) is 16.3. The van der Waals surface area contributed by atoms with Crippen LogP contribution in [0.15, 0.2) is 41.5 Å². The molecule has 0 aliphatic heterocycles. The summed E-state index contributed by atoms with van der Waals surface area (Å²) >= 11 is 0. The Bertz CT molecular complexity index is 689. The van der Waals surface area contributed by atoms with Crippen molar-refractivity contribution in [2.75, 3.05) is 28.4 Å². The Morgan fingerprint density at radius 2 is 1.62 bits per heavy atom. The van der Waals surface area contributed by atoms with E-state index >= 15 is 0 Å². The first-order valence-corrected chi connectivity index (χ1v) is 9.44. The summed E-state index contributed by atoms with van der Waals surface area (Å²) in [6.45, 7) is 0.